The van der Waals surface area contributed by atoms with E-state index in [1.165, 1.54) is 12.1 Å². The number of hydrogen-bond acceptors (Lipinski definition) is 4. The van der Waals surface area contributed by atoms with Crippen molar-refractivity contribution in [2.45, 2.75) is 6.92 Å². The minimum Gasteiger partial charge on any atom is -0.461 e. The molecule has 1 aromatic carbocycles. The third kappa shape index (κ3) is 2.88. The lowest BCUT2D eigenvalue weighted by Gasteiger charge is -2.01. The molecule has 0 N–H and O–H groups in total. The van der Waals surface area contributed by atoms with Crippen LogP contribution in [-0.2, 0) is 4.74 Å². The number of nitrogens with zero attached hydrogens (tertiary/aromatic N) is 1. The Kier molecular flexibility index (Phi) is 4.07. The van der Waals surface area contributed by atoms with E-state index in [9.17, 15) is 9.18 Å². The van der Waals surface area contributed by atoms with Crippen molar-refractivity contribution in [2.24, 2.45) is 0 Å². The minimum atomic E-state index is -0.643. The van der Waals surface area contributed by atoms with Crippen molar-refractivity contribution >= 4 is 29.2 Å². The summed E-state index contributed by atoms with van der Waals surface area (Å²) < 4.78 is 23.1. The molecule has 0 aliphatic rings. The lowest BCUT2D eigenvalue weighted by molar-refractivity contribution is 0.0514. The number of esters is 1. The molecule has 19 heavy (non-hydrogen) atoms. The van der Waals surface area contributed by atoms with E-state index in [2.05, 4.69) is 5.16 Å². The number of benzene rings is 1. The van der Waals surface area contributed by atoms with Gasteiger partial charge in [0.2, 0.25) is 0 Å². The van der Waals surface area contributed by atoms with Crippen molar-refractivity contribution in [1.29, 1.82) is 0 Å². The number of rotatable bonds is 3. The van der Waals surface area contributed by atoms with E-state index >= 15 is 0 Å². The molecule has 4 nitrogen and oxygen atoms in total. The van der Waals surface area contributed by atoms with Crippen LogP contribution < -0.4 is 0 Å². The molecule has 0 aliphatic heterocycles. The maximum atomic E-state index is 13.4. The summed E-state index contributed by atoms with van der Waals surface area (Å²) in [4.78, 5) is 11.4. The van der Waals surface area contributed by atoms with Gasteiger partial charge in [0.05, 0.1) is 16.7 Å². The van der Waals surface area contributed by atoms with E-state index in [4.69, 9.17) is 32.5 Å². The van der Waals surface area contributed by atoms with Gasteiger partial charge in [-0.05, 0) is 19.1 Å². The van der Waals surface area contributed by atoms with Crippen LogP contribution in [0.25, 0.3) is 11.3 Å². The molecule has 100 valence electrons. The molecule has 0 bridgehead atoms. The van der Waals surface area contributed by atoms with Gasteiger partial charge < -0.3 is 9.26 Å². The Bertz CT molecular complexity index is 627. The van der Waals surface area contributed by atoms with Crippen LogP contribution in [0.4, 0.5) is 4.39 Å². The largest absolute Gasteiger partial charge is 0.461 e. The molecule has 0 unspecified atom stereocenters. The first-order valence-corrected chi connectivity index (χ1v) is 6.07. The molecule has 0 aliphatic carbocycles. The van der Waals surface area contributed by atoms with Crippen LogP contribution in [0.1, 0.15) is 17.4 Å². The third-order valence-electron chi connectivity index (χ3n) is 2.27. The van der Waals surface area contributed by atoms with Crippen molar-refractivity contribution in [1.82, 2.24) is 5.16 Å². The van der Waals surface area contributed by atoms with Crippen molar-refractivity contribution in [3.05, 3.63) is 39.8 Å². The molecule has 2 rings (SSSR count). The molecule has 0 saturated carbocycles. The van der Waals surface area contributed by atoms with Gasteiger partial charge in [-0.15, -0.1) is 0 Å². The van der Waals surface area contributed by atoms with Crippen LogP contribution in [0.2, 0.25) is 10.0 Å². The van der Waals surface area contributed by atoms with Crippen LogP contribution in [0.3, 0.4) is 0 Å². The van der Waals surface area contributed by atoms with Crippen molar-refractivity contribution in [3.63, 3.8) is 0 Å². The van der Waals surface area contributed by atoms with Crippen molar-refractivity contribution in [2.75, 3.05) is 6.61 Å². The molecule has 0 fully saturated rings. The van der Waals surface area contributed by atoms with E-state index in [0.717, 1.165) is 6.07 Å². The first-order valence-electron chi connectivity index (χ1n) is 5.31. The maximum absolute atomic E-state index is 13.4. The van der Waals surface area contributed by atoms with Gasteiger partial charge in [-0.3, -0.25) is 0 Å². The SMILES string of the molecule is CCOC(=O)c1cc(-c2cc(F)c(Cl)cc2Cl)on1. The summed E-state index contributed by atoms with van der Waals surface area (Å²) >= 11 is 11.5. The first-order chi connectivity index (χ1) is 9.02. The molecular weight excluding hydrogens is 296 g/mol. The molecule has 0 saturated heterocycles. The average Bonchev–Trinajstić information content (AvgIpc) is 2.83. The molecule has 0 radical (unpaired) electrons. The van der Waals surface area contributed by atoms with Crippen LogP contribution in [0, 0.1) is 5.82 Å². The highest BCUT2D eigenvalue weighted by Gasteiger charge is 2.17. The van der Waals surface area contributed by atoms with E-state index in [1.54, 1.807) is 6.92 Å². The zero-order valence-corrected chi connectivity index (χ0v) is 11.3. The van der Waals surface area contributed by atoms with Crippen LogP contribution in [0.5, 0.6) is 0 Å². The molecule has 0 atom stereocenters. The number of ether oxygens (including phenoxy) is 1. The van der Waals surface area contributed by atoms with Gasteiger partial charge in [0.15, 0.2) is 11.5 Å². The Morgan fingerprint density at radius 1 is 1.37 bits per heavy atom. The number of carbonyl (C=O) groups excluding carboxylic acids is 1. The van der Waals surface area contributed by atoms with Gasteiger partial charge in [0.1, 0.15) is 5.82 Å². The Labute approximate surface area is 118 Å². The lowest BCUT2D eigenvalue weighted by Crippen LogP contribution is -2.04. The van der Waals surface area contributed by atoms with E-state index in [0.29, 0.717) is 0 Å². The standard InChI is InChI=1S/C12H8Cl2FNO3/c1-2-18-12(17)10-5-11(19-16-10)6-3-9(15)8(14)4-7(6)13/h3-5H,2H2,1H3. The molecular formula is C12H8Cl2FNO3. The monoisotopic (exact) mass is 303 g/mol. The second kappa shape index (κ2) is 5.59. The van der Waals surface area contributed by atoms with Gasteiger partial charge in [0.25, 0.3) is 0 Å². The summed E-state index contributed by atoms with van der Waals surface area (Å²) in [6.07, 6.45) is 0. The van der Waals surface area contributed by atoms with Gasteiger partial charge >= 0.3 is 5.97 Å². The van der Waals surface area contributed by atoms with Crippen LogP contribution in [0.15, 0.2) is 22.7 Å². The zero-order chi connectivity index (χ0) is 14.0. The number of aromatic nitrogens is 1. The van der Waals surface area contributed by atoms with Crippen LogP contribution >= 0.6 is 23.2 Å². The highest BCUT2D eigenvalue weighted by atomic mass is 35.5. The molecule has 0 amide bonds. The fourth-order valence-corrected chi connectivity index (χ4v) is 1.89. The fourth-order valence-electron chi connectivity index (χ4n) is 1.41. The number of halogens is 3. The van der Waals surface area contributed by atoms with Crippen molar-refractivity contribution < 1.29 is 18.4 Å². The van der Waals surface area contributed by atoms with E-state index in [1.807, 2.05) is 0 Å². The predicted octanol–water partition coefficient (Wildman–Crippen LogP) is 3.96. The fraction of sp³-hybridized carbons (Fsp3) is 0.167. The molecule has 1 heterocycles. The summed E-state index contributed by atoms with van der Waals surface area (Å²) in [5.41, 5.74) is 0.245. The minimum absolute atomic E-state index is 0.0109. The topological polar surface area (TPSA) is 52.3 Å². The third-order valence-corrected chi connectivity index (χ3v) is 2.87. The molecule has 1 aromatic heterocycles. The van der Waals surface area contributed by atoms with Gasteiger partial charge in [-0.25, -0.2) is 9.18 Å². The highest BCUT2D eigenvalue weighted by Crippen LogP contribution is 2.32. The van der Waals surface area contributed by atoms with Crippen LogP contribution in [-0.4, -0.2) is 17.7 Å². The normalized spacial score (nSPS) is 10.5. The summed E-state index contributed by atoms with van der Waals surface area (Å²) in [5.74, 6) is -1.11. The zero-order valence-electron chi connectivity index (χ0n) is 9.75. The Hall–Kier alpha value is -1.59. The second-order valence-corrected chi connectivity index (χ2v) is 4.36. The quantitative estimate of drug-likeness (QED) is 0.636. The number of hydrogen-bond donors (Lipinski definition) is 0. The molecule has 2 aromatic rings. The second-order valence-electron chi connectivity index (χ2n) is 3.54. The average molecular weight is 304 g/mol. The summed E-state index contributed by atoms with van der Waals surface area (Å²) in [5, 5.41) is 3.63. The Balaban J connectivity index is 2.38. The van der Waals surface area contributed by atoms with Gasteiger partial charge in [-0.2, -0.15) is 0 Å². The van der Waals surface area contributed by atoms with E-state index < -0.39 is 11.8 Å². The number of carbonyl (C=O) groups is 1. The molecule has 7 heteroatoms. The maximum Gasteiger partial charge on any atom is 0.360 e. The Morgan fingerprint density at radius 3 is 2.79 bits per heavy atom. The Morgan fingerprint density at radius 2 is 2.11 bits per heavy atom. The van der Waals surface area contributed by atoms with Crippen molar-refractivity contribution in [3.8, 4) is 11.3 Å². The predicted molar refractivity (Wildman–Crippen MR) is 67.9 cm³/mol. The first kappa shape index (κ1) is 13.8. The van der Waals surface area contributed by atoms with Gasteiger partial charge in [-0.1, -0.05) is 28.4 Å². The highest BCUT2D eigenvalue weighted by molar-refractivity contribution is 6.36. The van der Waals surface area contributed by atoms with Gasteiger partial charge in [0, 0.05) is 11.6 Å². The smallest absolute Gasteiger partial charge is 0.360 e. The lowest BCUT2D eigenvalue weighted by atomic mass is 10.1. The summed E-state index contributed by atoms with van der Waals surface area (Å²) in [7, 11) is 0. The van der Waals surface area contributed by atoms with E-state index in [-0.39, 0.29) is 33.7 Å². The summed E-state index contributed by atoms with van der Waals surface area (Å²) in [6.45, 7) is 1.89. The molecule has 0 spiro atoms. The summed E-state index contributed by atoms with van der Waals surface area (Å²) in [6, 6.07) is 3.69.